The molecule has 0 bridgehead atoms. The van der Waals surface area contributed by atoms with Gasteiger partial charge < -0.3 is 11.1 Å². The highest BCUT2D eigenvalue weighted by Crippen LogP contribution is 2.38. The molecule has 7 heteroatoms. The van der Waals surface area contributed by atoms with Crippen LogP contribution in [0.3, 0.4) is 0 Å². The van der Waals surface area contributed by atoms with E-state index in [1.807, 2.05) is 0 Å². The maximum absolute atomic E-state index is 10.8. The molecule has 7 nitrogen and oxygen atoms in total. The van der Waals surface area contributed by atoms with Gasteiger partial charge in [0.05, 0.1) is 4.92 Å². The highest BCUT2D eigenvalue weighted by Gasteiger charge is 2.37. The fourth-order valence-corrected chi connectivity index (χ4v) is 1.73. The number of aromatic nitrogens is 2. The van der Waals surface area contributed by atoms with Gasteiger partial charge in [0.25, 0.3) is 0 Å². The van der Waals surface area contributed by atoms with Crippen LogP contribution in [0.15, 0.2) is 6.33 Å². The molecular formula is C9H13N5O2. The third-order valence-corrected chi connectivity index (χ3v) is 2.80. The summed E-state index contributed by atoms with van der Waals surface area (Å²) in [6.45, 7) is 2.09. The van der Waals surface area contributed by atoms with Gasteiger partial charge in [-0.05, 0) is 12.3 Å². The van der Waals surface area contributed by atoms with Gasteiger partial charge >= 0.3 is 5.69 Å². The summed E-state index contributed by atoms with van der Waals surface area (Å²) in [6.07, 6.45) is 3.32. The number of rotatable bonds is 4. The van der Waals surface area contributed by atoms with Crippen LogP contribution < -0.4 is 11.1 Å². The second-order valence-electron chi connectivity index (χ2n) is 3.87. The largest absolute Gasteiger partial charge is 0.378 e. The zero-order chi connectivity index (χ0) is 11.7. The van der Waals surface area contributed by atoms with E-state index in [2.05, 4.69) is 22.2 Å². The number of nitrogens with zero attached hydrogens (tertiary/aromatic N) is 3. The van der Waals surface area contributed by atoms with E-state index in [1.165, 1.54) is 6.33 Å². The molecule has 2 atom stereocenters. The molecule has 0 saturated heterocycles. The zero-order valence-electron chi connectivity index (χ0n) is 8.88. The summed E-state index contributed by atoms with van der Waals surface area (Å²) in [6, 6.07) is 0.276. The van der Waals surface area contributed by atoms with E-state index < -0.39 is 4.92 Å². The van der Waals surface area contributed by atoms with E-state index in [1.54, 1.807) is 0 Å². The van der Waals surface area contributed by atoms with Crippen molar-refractivity contribution >= 4 is 17.3 Å². The summed E-state index contributed by atoms with van der Waals surface area (Å²) < 4.78 is 0. The van der Waals surface area contributed by atoms with Crippen molar-refractivity contribution in [1.82, 2.24) is 9.97 Å². The molecule has 2 rings (SSSR count). The maximum Gasteiger partial charge on any atom is 0.352 e. The van der Waals surface area contributed by atoms with E-state index in [-0.39, 0.29) is 23.4 Å². The summed E-state index contributed by atoms with van der Waals surface area (Å²) in [4.78, 5) is 17.7. The number of hydrogen-bond acceptors (Lipinski definition) is 6. The Morgan fingerprint density at radius 3 is 3.00 bits per heavy atom. The minimum atomic E-state index is -0.555. The van der Waals surface area contributed by atoms with Crippen molar-refractivity contribution in [2.45, 2.75) is 25.8 Å². The third kappa shape index (κ3) is 1.88. The lowest BCUT2D eigenvalue weighted by Crippen LogP contribution is -2.10. The fourth-order valence-electron chi connectivity index (χ4n) is 1.73. The van der Waals surface area contributed by atoms with Crippen molar-refractivity contribution < 1.29 is 4.92 Å². The van der Waals surface area contributed by atoms with Crippen LogP contribution in [-0.2, 0) is 0 Å². The Morgan fingerprint density at radius 2 is 2.44 bits per heavy atom. The molecule has 1 heterocycles. The van der Waals surface area contributed by atoms with Crippen molar-refractivity contribution in [1.29, 1.82) is 0 Å². The molecule has 0 radical (unpaired) electrons. The van der Waals surface area contributed by atoms with Crippen LogP contribution in [0.5, 0.6) is 0 Å². The standard InChI is InChI=1S/C9H13N5O2/c1-2-5-3-6(5)13-9-7(14(15)16)8(10)11-4-12-9/h4-6H,2-3H2,1H3,(H3,10,11,12,13). The molecule has 1 aromatic rings. The van der Waals surface area contributed by atoms with Gasteiger partial charge in [-0.1, -0.05) is 13.3 Å². The summed E-state index contributed by atoms with van der Waals surface area (Å²) in [5.41, 5.74) is 5.22. The molecular weight excluding hydrogens is 210 g/mol. The summed E-state index contributed by atoms with van der Waals surface area (Å²) in [7, 11) is 0. The second-order valence-corrected chi connectivity index (χ2v) is 3.87. The fraction of sp³-hybridized carbons (Fsp3) is 0.556. The molecule has 0 amide bonds. The topological polar surface area (TPSA) is 107 Å². The number of anilines is 2. The van der Waals surface area contributed by atoms with Crippen molar-refractivity contribution in [2.24, 2.45) is 5.92 Å². The van der Waals surface area contributed by atoms with Gasteiger partial charge in [0.2, 0.25) is 11.6 Å². The third-order valence-electron chi connectivity index (χ3n) is 2.80. The zero-order valence-corrected chi connectivity index (χ0v) is 8.88. The summed E-state index contributed by atoms with van der Waals surface area (Å²) in [5, 5.41) is 13.8. The highest BCUT2D eigenvalue weighted by atomic mass is 16.6. The first kappa shape index (κ1) is 10.6. The number of nitrogens with two attached hydrogens (primary N) is 1. The van der Waals surface area contributed by atoms with Crippen molar-refractivity contribution in [2.75, 3.05) is 11.1 Å². The summed E-state index contributed by atoms with van der Waals surface area (Å²) >= 11 is 0. The van der Waals surface area contributed by atoms with Crippen LogP contribution in [0.2, 0.25) is 0 Å². The van der Waals surface area contributed by atoms with Gasteiger partial charge in [-0.15, -0.1) is 0 Å². The second kappa shape index (κ2) is 3.92. The Bertz CT molecular complexity index is 422. The van der Waals surface area contributed by atoms with Gasteiger partial charge in [0.1, 0.15) is 6.33 Å². The molecule has 0 spiro atoms. The van der Waals surface area contributed by atoms with Gasteiger partial charge in [-0.2, -0.15) is 0 Å². The van der Waals surface area contributed by atoms with E-state index in [0.29, 0.717) is 5.92 Å². The van der Waals surface area contributed by atoms with Gasteiger partial charge in [-0.3, -0.25) is 10.1 Å². The lowest BCUT2D eigenvalue weighted by atomic mass is 10.3. The monoisotopic (exact) mass is 223 g/mol. The number of nitrogen functional groups attached to an aromatic ring is 1. The first-order valence-corrected chi connectivity index (χ1v) is 5.14. The average Bonchev–Trinajstić information content (AvgIpc) is 2.96. The smallest absolute Gasteiger partial charge is 0.352 e. The SMILES string of the molecule is CCC1CC1Nc1ncnc(N)c1[N+](=O)[O-]. The average molecular weight is 223 g/mol. The molecule has 1 saturated carbocycles. The highest BCUT2D eigenvalue weighted by molar-refractivity contribution is 5.67. The molecule has 86 valence electrons. The Balaban J connectivity index is 2.20. The van der Waals surface area contributed by atoms with Crippen LogP contribution in [0.25, 0.3) is 0 Å². The van der Waals surface area contributed by atoms with Crippen LogP contribution in [0, 0.1) is 16.0 Å². The predicted octanol–water partition coefficient (Wildman–Crippen LogP) is 1.18. The lowest BCUT2D eigenvalue weighted by molar-refractivity contribution is -0.383. The Hall–Kier alpha value is -1.92. The minimum Gasteiger partial charge on any atom is -0.378 e. The molecule has 1 aliphatic rings. The molecule has 0 aliphatic heterocycles. The van der Waals surface area contributed by atoms with E-state index in [0.717, 1.165) is 12.8 Å². The molecule has 1 aromatic heterocycles. The quantitative estimate of drug-likeness (QED) is 0.586. The number of hydrogen-bond donors (Lipinski definition) is 2. The molecule has 0 aromatic carbocycles. The minimum absolute atomic E-state index is 0.101. The van der Waals surface area contributed by atoms with Crippen molar-refractivity contribution in [3.63, 3.8) is 0 Å². The van der Waals surface area contributed by atoms with Crippen LogP contribution in [0.4, 0.5) is 17.3 Å². The van der Waals surface area contributed by atoms with Crippen LogP contribution in [0.1, 0.15) is 19.8 Å². The number of nitro groups is 1. The predicted molar refractivity (Wildman–Crippen MR) is 58.9 cm³/mol. The maximum atomic E-state index is 10.8. The van der Waals surface area contributed by atoms with E-state index in [9.17, 15) is 10.1 Å². The number of nitrogens with one attached hydrogen (secondary N) is 1. The Kier molecular flexibility index (Phi) is 2.59. The van der Waals surface area contributed by atoms with Crippen molar-refractivity contribution in [3.8, 4) is 0 Å². The van der Waals surface area contributed by atoms with Gasteiger partial charge in [0.15, 0.2) is 0 Å². The summed E-state index contributed by atoms with van der Waals surface area (Å²) in [5.74, 6) is 0.699. The first-order valence-electron chi connectivity index (χ1n) is 5.14. The van der Waals surface area contributed by atoms with E-state index in [4.69, 9.17) is 5.73 Å². The normalized spacial score (nSPS) is 22.8. The van der Waals surface area contributed by atoms with Crippen LogP contribution in [-0.4, -0.2) is 20.9 Å². The van der Waals surface area contributed by atoms with E-state index >= 15 is 0 Å². The lowest BCUT2D eigenvalue weighted by Gasteiger charge is -2.05. The molecule has 2 unspecified atom stereocenters. The van der Waals surface area contributed by atoms with Crippen LogP contribution >= 0.6 is 0 Å². The molecule has 1 fully saturated rings. The van der Waals surface area contributed by atoms with Gasteiger partial charge in [-0.25, -0.2) is 9.97 Å². The Morgan fingerprint density at radius 1 is 1.69 bits per heavy atom. The molecule has 3 N–H and O–H groups in total. The first-order chi connectivity index (χ1) is 7.63. The van der Waals surface area contributed by atoms with Gasteiger partial charge in [0, 0.05) is 6.04 Å². The molecule has 1 aliphatic carbocycles. The Labute approximate surface area is 92.2 Å². The van der Waals surface area contributed by atoms with Crippen molar-refractivity contribution in [3.05, 3.63) is 16.4 Å². The molecule has 16 heavy (non-hydrogen) atoms.